The van der Waals surface area contributed by atoms with Crippen molar-refractivity contribution < 1.29 is 13.6 Å². The smallest absolute Gasteiger partial charge is 0.340 e. The molecule has 1 amide bonds. The number of carbonyl (C=O) groups excluding carboxylic acids is 1. The van der Waals surface area contributed by atoms with Crippen molar-refractivity contribution in [2.45, 2.75) is 32.2 Å². The predicted molar refractivity (Wildman–Crippen MR) is 112 cm³/mol. The summed E-state index contributed by atoms with van der Waals surface area (Å²) in [5, 5.41) is 5.29. The lowest BCUT2D eigenvalue weighted by atomic mass is 9.99. The van der Waals surface area contributed by atoms with Gasteiger partial charge in [-0.25, -0.2) is 4.79 Å². The van der Waals surface area contributed by atoms with E-state index in [1.54, 1.807) is 12.3 Å². The normalized spacial score (nSPS) is 13.9. The number of amides is 1. The van der Waals surface area contributed by atoms with E-state index in [9.17, 15) is 9.59 Å². The molecule has 0 aliphatic heterocycles. The van der Waals surface area contributed by atoms with E-state index in [2.05, 4.69) is 5.32 Å². The lowest BCUT2D eigenvalue weighted by molar-refractivity contribution is -0.120. The van der Waals surface area contributed by atoms with Gasteiger partial charge in [-0.3, -0.25) is 4.79 Å². The van der Waals surface area contributed by atoms with E-state index in [1.165, 1.54) is 0 Å². The predicted octanol–water partition coefficient (Wildman–Crippen LogP) is 4.99. The Labute approximate surface area is 171 Å². The highest BCUT2D eigenvalue weighted by molar-refractivity contribution is 6.30. The van der Waals surface area contributed by atoms with Crippen LogP contribution in [0.25, 0.3) is 33.1 Å². The molecule has 1 N–H and O–H groups in total. The van der Waals surface area contributed by atoms with Crippen LogP contribution in [-0.2, 0) is 11.2 Å². The Hall–Kier alpha value is -3.05. The number of benzene rings is 2. The quantitative estimate of drug-likeness (QED) is 0.484. The zero-order chi connectivity index (χ0) is 20.1. The number of rotatable bonds is 4. The first-order valence-corrected chi connectivity index (χ1v) is 9.90. The van der Waals surface area contributed by atoms with E-state index < -0.39 is 5.63 Å². The summed E-state index contributed by atoms with van der Waals surface area (Å²) in [6, 6.07) is 11.5. The maximum atomic E-state index is 12.5. The van der Waals surface area contributed by atoms with Gasteiger partial charge in [-0.1, -0.05) is 23.7 Å². The molecule has 146 valence electrons. The fourth-order valence-corrected chi connectivity index (χ4v) is 3.76. The number of furan rings is 1. The summed E-state index contributed by atoms with van der Waals surface area (Å²) >= 11 is 6.00. The molecule has 0 saturated heterocycles. The standard InChI is InChI=1S/C23H18ClNO4/c1-12-16-8-18-19(13-2-4-14(24)5-3-13)11-28-20(18)10-21(16)29-23(27)17(12)9-22(26)25-15-6-7-15/h2-5,8,10-11,15H,6-7,9H2,1H3,(H,25,26). The van der Waals surface area contributed by atoms with E-state index in [4.69, 9.17) is 20.4 Å². The third-order valence-corrected chi connectivity index (χ3v) is 5.67. The molecule has 6 heteroatoms. The van der Waals surface area contributed by atoms with Crippen LogP contribution in [0.1, 0.15) is 24.0 Å². The zero-order valence-electron chi connectivity index (χ0n) is 15.8. The van der Waals surface area contributed by atoms with Crippen molar-refractivity contribution in [3.8, 4) is 11.1 Å². The molecule has 1 fully saturated rings. The Kier molecular flexibility index (Phi) is 4.21. The minimum Gasteiger partial charge on any atom is -0.464 e. The van der Waals surface area contributed by atoms with E-state index in [0.717, 1.165) is 40.3 Å². The SMILES string of the molecule is Cc1c(CC(=O)NC2CC2)c(=O)oc2cc3occ(-c4ccc(Cl)cc4)c3cc12. The van der Waals surface area contributed by atoms with Crippen LogP contribution >= 0.6 is 11.6 Å². The van der Waals surface area contributed by atoms with Gasteiger partial charge in [0.05, 0.1) is 18.2 Å². The Bertz CT molecular complexity index is 1310. The van der Waals surface area contributed by atoms with Gasteiger partial charge < -0.3 is 14.2 Å². The van der Waals surface area contributed by atoms with Crippen molar-refractivity contribution in [2.24, 2.45) is 0 Å². The highest BCUT2D eigenvalue weighted by Gasteiger charge is 2.24. The van der Waals surface area contributed by atoms with Crippen molar-refractivity contribution in [3.63, 3.8) is 0 Å². The summed E-state index contributed by atoms with van der Waals surface area (Å²) in [7, 11) is 0. The van der Waals surface area contributed by atoms with E-state index in [1.807, 2.05) is 37.3 Å². The maximum absolute atomic E-state index is 12.5. The Morgan fingerprint density at radius 1 is 1.14 bits per heavy atom. The first-order valence-electron chi connectivity index (χ1n) is 9.52. The topological polar surface area (TPSA) is 72.5 Å². The fraction of sp³-hybridized carbons (Fsp3) is 0.217. The number of hydrogen-bond acceptors (Lipinski definition) is 4. The van der Waals surface area contributed by atoms with Gasteiger partial charge in [-0.15, -0.1) is 0 Å². The molecule has 5 rings (SSSR count). The van der Waals surface area contributed by atoms with Crippen molar-refractivity contribution in [1.82, 2.24) is 5.32 Å². The molecule has 1 saturated carbocycles. The summed E-state index contributed by atoms with van der Waals surface area (Å²) in [5.41, 5.74) is 3.65. The van der Waals surface area contributed by atoms with Crippen molar-refractivity contribution in [3.05, 3.63) is 69.2 Å². The maximum Gasteiger partial charge on any atom is 0.340 e. The molecule has 0 unspecified atom stereocenters. The molecular weight excluding hydrogens is 390 g/mol. The molecule has 2 heterocycles. The van der Waals surface area contributed by atoms with Gasteiger partial charge >= 0.3 is 5.63 Å². The lowest BCUT2D eigenvalue weighted by Crippen LogP contribution is -2.29. The molecule has 4 aromatic rings. The lowest BCUT2D eigenvalue weighted by Gasteiger charge is -2.08. The average molecular weight is 408 g/mol. The first kappa shape index (κ1) is 18.0. The molecule has 2 aromatic heterocycles. The van der Waals surface area contributed by atoms with E-state index >= 15 is 0 Å². The molecule has 0 bridgehead atoms. The number of nitrogens with one attached hydrogen (secondary N) is 1. The largest absolute Gasteiger partial charge is 0.464 e. The fourth-order valence-electron chi connectivity index (χ4n) is 3.63. The summed E-state index contributed by atoms with van der Waals surface area (Å²) in [6.07, 6.45) is 3.71. The Balaban J connectivity index is 1.63. The van der Waals surface area contributed by atoms with Gasteiger partial charge in [0.1, 0.15) is 11.2 Å². The van der Waals surface area contributed by atoms with Gasteiger partial charge in [0.2, 0.25) is 5.91 Å². The molecule has 29 heavy (non-hydrogen) atoms. The molecule has 2 aromatic carbocycles. The molecule has 1 aliphatic carbocycles. The van der Waals surface area contributed by atoms with Crippen molar-refractivity contribution >= 4 is 39.4 Å². The van der Waals surface area contributed by atoms with Crippen LogP contribution in [0.2, 0.25) is 5.02 Å². The van der Waals surface area contributed by atoms with Crippen LogP contribution in [0.5, 0.6) is 0 Å². The van der Waals surface area contributed by atoms with Crippen LogP contribution in [0, 0.1) is 6.92 Å². The molecular formula is C23H18ClNO4. The van der Waals surface area contributed by atoms with Crippen LogP contribution in [0.4, 0.5) is 0 Å². The van der Waals surface area contributed by atoms with Gasteiger partial charge in [0, 0.05) is 33.5 Å². The number of aryl methyl sites for hydroxylation is 1. The second-order valence-electron chi connectivity index (χ2n) is 7.51. The third-order valence-electron chi connectivity index (χ3n) is 5.42. The van der Waals surface area contributed by atoms with Crippen molar-refractivity contribution in [1.29, 1.82) is 0 Å². The van der Waals surface area contributed by atoms with Gasteiger partial charge in [0.25, 0.3) is 0 Å². The monoisotopic (exact) mass is 407 g/mol. The molecule has 5 nitrogen and oxygen atoms in total. The number of carbonyl (C=O) groups is 1. The first-order chi connectivity index (χ1) is 14.0. The molecule has 0 radical (unpaired) electrons. The minimum absolute atomic E-state index is 0.0219. The molecule has 0 spiro atoms. The zero-order valence-corrected chi connectivity index (χ0v) is 16.5. The van der Waals surface area contributed by atoms with Crippen LogP contribution < -0.4 is 10.9 Å². The number of hydrogen-bond donors (Lipinski definition) is 1. The number of halogens is 1. The highest BCUT2D eigenvalue weighted by Crippen LogP contribution is 2.35. The number of fused-ring (bicyclic) bond motifs is 2. The third kappa shape index (κ3) is 3.32. The second-order valence-corrected chi connectivity index (χ2v) is 7.95. The summed E-state index contributed by atoms with van der Waals surface area (Å²) < 4.78 is 11.2. The Morgan fingerprint density at radius 2 is 1.90 bits per heavy atom. The van der Waals surface area contributed by atoms with Crippen molar-refractivity contribution in [2.75, 3.05) is 0 Å². The van der Waals surface area contributed by atoms with Crippen LogP contribution in [0.3, 0.4) is 0 Å². The van der Waals surface area contributed by atoms with Gasteiger partial charge in [-0.2, -0.15) is 0 Å². The molecule has 1 aliphatic rings. The summed E-state index contributed by atoms with van der Waals surface area (Å²) in [5.74, 6) is -0.145. The van der Waals surface area contributed by atoms with E-state index in [0.29, 0.717) is 21.8 Å². The summed E-state index contributed by atoms with van der Waals surface area (Å²) in [6.45, 7) is 1.85. The highest BCUT2D eigenvalue weighted by atomic mass is 35.5. The second kappa shape index (κ2) is 6.78. The average Bonchev–Trinajstić information content (AvgIpc) is 3.41. The minimum atomic E-state index is -0.482. The van der Waals surface area contributed by atoms with Gasteiger partial charge in [-0.05, 0) is 49.1 Å². The Morgan fingerprint density at radius 3 is 2.62 bits per heavy atom. The summed E-state index contributed by atoms with van der Waals surface area (Å²) in [4.78, 5) is 24.7. The van der Waals surface area contributed by atoms with Crippen LogP contribution in [-0.4, -0.2) is 11.9 Å². The van der Waals surface area contributed by atoms with Crippen LogP contribution in [0.15, 0.2) is 56.3 Å². The van der Waals surface area contributed by atoms with E-state index in [-0.39, 0.29) is 18.4 Å². The van der Waals surface area contributed by atoms with Gasteiger partial charge in [0.15, 0.2) is 0 Å². The molecule has 0 atom stereocenters.